The van der Waals surface area contributed by atoms with Crippen molar-refractivity contribution >= 4 is 10.0 Å². The molecule has 1 N–H and O–H groups in total. The molecule has 2 rings (SSSR count). The van der Waals surface area contributed by atoms with E-state index in [1.165, 1.54) is 9.79 Å². The minimum Gasteiger partial charge on any atom is -0.394 e. The standard InChI is InChI=1S/C25H34O4S/c1-25(2,3)30(23-11-6-4-7-12-23,24-13-8-5-9-14-24)22-10-16-27-18-20-29-21-19-28-17-15-26/h4-9,11-14,26H,15-21H2,1-3H3. The highest BCUT2D eigenvalue weighted by molar-refractivity contribution is 8.38. The molecule has 5 heteroatoms. The Hall–Kier alpha value is -1.81. The van der Waals surface area contributed by atoms with Gasteiger partial charge in [0.1, 0.15) is 6.61 Å². The normalized spacial score (nSPS) is 12.3. The molecule has 0 saturated carbocycles. The summed E-state index contributed by atoms with van der Waals surface area (Å²) in [6.45, 7) is 9.51. The van der Waals surface area contributed by atoms with Gasteiger partial charge in [-0.1, -0.05) is 63.1 Å². The van der Waals surface area contributed by atoms with Crippen LogP contribution in [0.4, 0.5) is 0 Å². The van der Waals surface area contributed by atoms with Crippen molar-refractivity contribution in [2.24, 2.45) is 0 Å². The summed E-state index contributed by atoms with van der Waals surface area (Å²) in [6.07, 6.45) is 0. The maximum absolute atomic E-state index is 8.65. The summed E-state index contributed by atoms with van der Waals surface area (Å²) in [6, 6.07) is 21.2. The first-order chi connectivity index (χ1) is 14.5. The van der Waals surface area contributed by atoms with Crippen molar-refractivity contribution in [3.63, 3.8) is 0 Å². The van der Waals surface area contributed by atoms with Gasteiger partial charge in [0.05, 0.1) is 39.6 Å². The summed E-state index contributed by atoms with van der Waals surface area (Å²) < 4.78 is 16.2. The van der Waals surface area contributed by atoms with Gasteiger partial charge < -0.3 is 19.3 Å². The molecule has 0 radical (unpaired) electrons. The molecule has 0 unspecified atom stereocenters. The van der Waals surface area contributed by atoms with E-state index in [1.807, 2.05) is 12.1 Å². The van der Waals surface area contributed by atoms with Gasteiger partial charge >= 0.3 is 0 Å². The molecule has 0 amide bonds. The van der Waals surface area contributed by atoms with Crippen molar-refractivity contribution in [3.8, 4) is 11.2 Å². The van der Waals surface area contributed by atoms with Crippen molar-refractivity contribution in [2.75, 3.05) is 46.2 Å². The molecule has 0 heterocycles. The third kappa shape index (κ3) is 6.87. The monoisotopic (exact) mass is 430 g/mol. The Labute approximate surface area is 182 Å². The molecule has 164 valence electrons. The number of ether oxygens (including phenoxy) is 3. The Morgan fingerprint density at radius 1 is 0.733 bits per heavy atom. The Balaban J connectivity index is 2.06. The molecule has 0 aliphatic heterocycles. The van der Waals surface area contributed by atoms with Gasteiger partial charge in [0, 0.05) is 14.5 Å². The van der Waals surface area contributed by atoms with Crippen LogP contribution in [0.2, 0.25) is 0 Å². The number of aliphatic hydroxyl groups is 1. The smallest absolute Gasteiger partial charge is 0.108 e. The first kappa shape index (κ1) is 24.5. The predicted octanol–water partition coefficient (Wildman–Crippen LogP) is 4.71. The molecule has 0 aliphatic carbocycles. The minimum atomic E-state index is -1.59. The third-order valence-electron chi connectivity index (χ3n) is 4.49. The molecule has 0 saturated heterocycles. The lowest BCUT2D eigenvalue weighted by atomic mass is 10.3. The van der Waals surface area contributed by atoms with Crippen LogP contribution < -0.4 is 0 Å². The van der Waals surface area contributed by atoms with Gasteiger partial charge in [-0.3, -0.25) is 0 Å². The predicted molar refractivity (Wildman–Crippen MR) is 124 cm³/mol. The summed E-state index contributed by atoms with van der Waals surface area (Å²) in [5.41, 5.74) is 0. The van der Waals surface area contributed by atoms with Gasteiger partial charge in [0.2, 0.25) is 0 Å². The molecular weight excluding hydrogens is 396 g/mol. The maximum atomic E-state index is 8.65. The van der Waals surface area contributed by atoms with Crippen LogP contribution in [-0.4, -0.2) is 56.1 Å². The largest absolute Gasteiger partial charge is 0.394 e. The maximum Gasteiger partial charge on any atom is 0.108 e. The Morgan fingerprint density at radius 3 is 1.67 bits per heavy atom. The average molecular weight is 431 g/mol. The number of benzene rings is 2. The van der Waals surface area contributed by atoms with E-state index in [4.69, 9.17) is 19.3 Å². The topological polar surface area (TPSA) is 47.9 Å². The molecule has 0 aliphatic rings. The fraction of sp³-hybridized carbons (Fsp3) is 0.440. The lowest BCUT2D eigenvalue weighted by molar-refractivity contribution is 0.0123. The minimum absolute atomic E-state index is 0.0335. The zero-order chi connectivity index (χ0) is 21.7. The van der Waals surface area contributed by atoms with E-state index in [1.54, 1.807) is 0 Å². The highest BCUT2D eigenvalue weighted by Crippen LogP contribution is 2.69. The molecule has 2 aromatic carbocycles. The van der Waals surface area contributed by atoms with E-state index >= 15 is 0 Å². The number of hydrogen-bond donors (Lipinski definition) is 1. The highest BCUT2D eigenvalue weighted by Gasteiger charge is 2.38. The quantitative estimate of drug-likeness (QED) is 0.414. The zero-order valence-corrected chi connectivity index (χ0v) is 19.1. The van der Waals surface area contributed by atoms with E-state index in [0.29, 0.717) is 39.6 Å². The first-order valence-corrected chi connectivity index (χ1v) is 11.9. The molecule has 0 atom stereocenters. The van der Waals surface area contributed by atoms with E-state index < -0.39 is 10.0 Å². The van der Waals surface area contributed by atoms with Gasteiger partial charge in [0.15, 0.2) is 0 Å². The Kier molecular flexibility index (Phi) is 10.4. The molecule has 30 heavy (non-hydrogen) atoms. The fourth-order valence-corrected chi connectivity index (χ4v) is 6.76. The van der Waals surface area contributed by atoms with Crippen molar-refractivity contribution in [3.05, 3.63) is 60.7 Å². The number of rotatable bonds is 11. The molecular formula is C25H34O4S. The van der Waals surface area contributed by atoms with Crippen LogP contribution in [0, 0.1) is 11.2 Å². The SMILES string of the molecule is CC(C)(C)S(C#CCOCCOCCOCCO)(c1ccccc1)c1ccccc1. The molecule has 0 aromatic heterocycles. The van der Waals surface area contributed by atoms with Crippen molar-refractivity contribution in [2.45, 2.75) is 35.3 Å². The average Bonchev–Trinajstić information content (AvgIpc) is 2.75. The van der Waals surface area contributed by atoms with Gasteiger partial charge in [-0.2, -0.15) is 0 Å². The molecule has 0 spiro atoms. The van der Waals surface area contributed by atoms with Gasteiger partial charge in [-0.25, -0.2) is 0 Å². The Bertz CT molecular complexity index is 736. The van der Waals surface area contributed by atoms with Gasteiger partial charge in [-0.05, 0) is 29.5 Å². The second kappa shape index (κ2) is 12.8. The van der Waals surface area contributed by atoms with Crippen LogP contribution in [0.15, 0.2) is 70.5 Å². The lowest BCUT2D eigenvalue weighted by Crippen LogP contribution is -2.24. The molecule has 2 aromatic rings. The van der Waals surface area contributed by atoms with E-state index in [2.05, 4.69) is 80.5 Å². The van der Waals surface area contributed by atoms with Crippen LogP contribution >= 0.6 is 10.0 Å². The van der Waals surface area contributed by atoms with E-state index in [0.717, 1.165) is 0 Å². The highest BCUT2D eigenvalue weighted by atomic mass is 32.3. The van der Waals surface area contributed by atoms with Crippen molar-refractivity contribution in [1.82, 2.24) is 0 Å². The van der Waals surface area contributed by atoms with Crippen LogP contribution in [-0.2, 0) is 14.2 Å². The third-order valence-corrected chi connectivity index (χ3v) is 8.74. The second-order valence-electron chi connectivity index (χ2n) is 7.63. The van der Waals surface area contributed by atoms with E-state index in [-0.39, 0.29) is 11.4 Å². The fourth-order valence-electron chi connectivity index (χ4n) is 3.13. The number of aliphatic hydroxyl groups excluding tert-OH is 1. The number of hydrogen-bond acceptors (Lipinski definition) is 4. The molecule has 0 bridgehead atoms. The van der Waals surface area contributed by atoms with Crippen LogP contribution in [0.1, 0.15) is 20.8 Å². The summed E-state index contributed by atoms with van der Waals surface area (Å²) >= 11 is 0. The van der Waals surface area contributed by atoms with Gasteiger partial charge in [-0.15, -0.1) is 10.0 Å². The van der Waals surface area contributed by atoms with Crippen molar-refractivity contribution < 1.29 is 19.3 Å². The van der Waals surface area contributed by atoms with Crippen LogP contribution in [0.25, 0.3) is 0 Å². The lowest BCUT2D eigenvalue weighted by Gasteiger charge is -2.47. The van der Waals surface area contributed by atoms with Crippen LogP contribution in [0.5, 0.6) is 0 Å². The zero-order valence-electron chi connectivity index (χ0n) is 18.3. The summed E-state index contributed by atoms with van der Waals surface area (Å²) in [4.78, 5) is 2.53. The Morgan fingerprint density at radius 2 is 1.20 bits per heavy atom. The summed E-state index contributed by atoms with van der Waals surface area (Å²) in [7, 11) is -1.59. The van der Waals surface area contributed by atoms with Gasteiger partial charge in [0.25, 0.3) is 0 Å². The molecule has 0 fully saturated rings. The molecule has 4 nitrogen and oxygen atoms in total. The van der Waals surface area contributed by atoms with Crippen LogP contribution in [0.3, 0.4) is 0 Å². The summed E-state index contributed by atoms with van der Waals surface area (Å²) in [5.74, 6) is 3.31. The second-order valence-corrected chi connectivity index (χ2v) is 11.2. The van der Waals surface area contributed by atoms with Crippen molar-refractivity contribution in [1.29, 1.82) is 0 Å². The first-order valence-electron chi connectivity index (χ1n) is 10.3. The van der Waals surface area contributed by atoms with E-state index in [9.17, 15) is 0 Å². The summed E-state index contributed by atoms with van der Waals surface area (Å²) in [5, 5.41) is 12.3.